The van der Waals surface area contributed by atoms with Crippen LogP contribution in [0.4, 0.5) is 0 Å². The molecule has 0 fully saturated rings. The number of nitrogens with one attached hydrogen (secondary N) is 1. The Morgan fingerprint density at radius 1 is 1.39 bits per heavy atom. The van der Waals surface area contributed by atoms with Crippen LogP contribution in [0.5, 0.6) is 0 Å². The molecule has 1 atom stereocenters. The summed E-state index contributed by atoms with van der Waals surface area (Å²) in [6.45, 7) is 1.58. The molecule has 1 rings (SSSR count). The predicted octanol–water partition coefficient (Wildman–Crippen LogP) is 1.48. The van der Waals surface area contributed by atoms with Crippen molar-refractivity contribution in [1.82, 2.24) is 10.4 Å². The minimum atomic E-state index is -0.696. The standard InChI is InChI=1S/C12H15ClN2O3/c1-8(12(17)15(2)18-3)14-11(16)9-6-4-5-7-10(9)13/h4-8H,1-3H3,(H,14,16)/t8-/m0/s1. The van der Waals surface area contributed by atoms with E-state index < -0.39 is 11.9 Å². The van der Waals surface area contributed by atoms with E-state index in [1.165, 1.54) is 14.2 Å². The highest BCUT2D eigenvalue weighted by molar-refractivity contribution is 6.33. The molecule has 0 bridgehead atoms. The zero-order valence-corrected chi connectivity index (χ0v) is 11.2. The Bertz CT molecular complexity index is 451. The Balaban J connectivity index is 2.71. The van der Waals surface area contributed by atoms with Gasteiger partial charge in [-0.25, -0.2) is 5.06 Å². The lowest BCUT2D eigenvalue weighted by molar-refractivity contribution is -0.170. The Kier molecular flexibility index (Phi) is 5.12. The summed E-state index contributed by atoms with van der Waals surface area (Å²) in [5.74, 6) is -0.746. The molecule has 1 aromatic carbocycles. The lowest BCUT2D eigenvalue weighted by atomic mass is 10.2. The smallest absolute Gasteiger partial charge is 0.268 e. The normalized spacial score (nSPS) is 11.8. The number of halogens is 1. The molecule has 0 heterocycles. The highest BCUT2D eigenvalue weighted by Crippen LogP contribution is 2.14. The maximum atomic E-state index is 11.9. The van der Waals surface area contributed by atoms with E-state index in [0.717, 1.165) is 5.06 Å². The predicted molar refractivity (Wildman–Crippen MR) is 68.2 cm³/mol. The van der Waals surface area contributed by atoms with Crippen LogP contribution in [-0.2, 0) is 9.63 Å². The Hall–Kier alpha value is -1.59. The Morgan fingerprint density at radius 3 is 2.56 bits per heavy atom. The number of carbonyl (C=O) groups is 2. The van der Waals surface area contributed by atoms with E-state index in [2.05, 4.69) is 5.32 Å². The zero-order valence-electron chi connectivity index (χ0n) is 10.4. The fraction of sp³-hybridized carbons (Fsp3) is 0.333. The van der Waals surface area contributed by atoms with Crippen molar-refractivity contribution in [2.45, 2.75) is 13.0 Å². The van der Waals surface area contributed by atoms with Gasteiger partial charge >= 0.3 is 0 Å². The fourth-order valence-corrected chi connectivity index (χ4v) is 1.57. The van der Waals surface area contributed by atoms with Crippen LogP contribution in [0.25, 0.3) is 0 Å². The number of hydrogen-bond donors (Lipinski definition) is 1. The number of likely N-dealkylation sites (N-methyl/N-ethyl adjacent to an activating group) is 1. The van der Waals surface area contributed by atoms with Crippen LogP contribution < -0.4 is 5.32 Å². The summed E-state index contributed by atoms with van der Waals surface area (Å²) >= 11 is 5.89. The summed E-state index contributed by atoms with van der Waals surface area (Å²) < 4.78 is 0. The van der Waals surface area contributed by atoms with Crippen LogP contribution in [0, 0.1) is 0 Å². The van der Waals surface area contributed by atoms with Crippen molar-refractivity contribution < 1.29 is 14.4 Å². The lowest BCUT2D eigenvalue weighted by Gasteiger charge is -2.19. The topological polar surface area (TPSA) is 58.6 Å². The molecule has 0 aliphatic rings. The van der Waals surface area contributed by atoms with Crippen LogP contribution in [-0.4, -0.2) is 37.1 Å². The summed E-state index contributed by atoms with van der Waals surface area (Å²) in [5, 5.41) is 3.95. The fourth-order valence-electron chi connectivity index (χ4n) is 1.34. The molecule has 0 unspecified atom stereocenters. The van der Waals surface area contributed by atoms with Gasteiger partial charge in [0.1, 0.15) is 6.04 Å². The van der Waals surface area contributed by atoms with Crippen molar-refractivity contribution in [2.24, 2.45) is 0 Å². The molecule has 98 valence electrons. The largest absolute Gasteiger partial charge is 0.340 e. The van der Waals surface area contributed by atoms with Crippen LogP contribution in [0.1, 0.15) is 17.3 Å². The van der Waals surface area contributed by atoms with E-state index in [1.54, 1.807) is 31.2 Å². The molecule has 0 saturated heterocycles. The number of amides is 2. The highest BCUT2D eigenvalue weighted by atomic mass is 35.5. The summed E-state index contributed by atoms with van der Waals surface area (Å²) in [6.07, 6.45) is 0. The average Bonchev–Trinajstić information content (AvgIpc) is 2.37. The first kappa shape index (κ1) is 14.5. The number of carbonyl (C=O) groups excluding carboxylic acids is 2. The van der Waals surface area contributed by atoms with Crippen molar-refractivity contribution in [1.29, 1.82) is 0 Å². The monoisotopic (exact) mass is 270 g/mol. The summed E-state index contributed by atoms with van der Waals surface area (Å²) in [5.41, 5.74) is 0.332. The molecular formula is C12H15ClN2O3. The van der Waals surface area contributed by atoms with Crippen molar-refractivity contribution in [2.75, 3.05) is 14.2 Å². The summed E-state index contributed by atoms with van der Waals surface area (Å²) in [6, 6.07) is 5.94. The van der Waals surface area contributed by atoms with E-state index in [9.17, 15) is 9.59 Å². The third-order valence-electron chi connectivity index (χ3n) is 2.42. The molecule has 5 nitrogen and oxygen atoms in total. The average molecular weight is 271 g/mol. The van der Waals surface area contributed by atoms with E-state index in [4.69, 9.17) is 16.4 Å². The second-order valence-corrected chi connectivity index (χ2v) is 4.10. The summed E-state index contributed by atoms with van der Waals surface area (Å²) in [4.78, 5) is 28.3. The molecule has 0 spiro atoms. The SMILES string of the molecule is CON(C)C(=O)[C@H](C)NC(=O)c1ccccc1Cl. The van der Waals surface area contributed by atoms with Gasteiger partial charge in [-0.15, -0.1) is 0 Å². The van der Waals surface area contributed by atoms with Gasteiger partial charge in [0.15, 0.2) is 0 Å². The molecule has 1 aromatic rings. The zero-order chi connectivity index (χ0) is 13.7. The van der Waals surface area contributed by atoms with Gasteiger partial charge in [0, 0.05) is 7.05 Å². The van der Waals surface area contributed by atoms with Crippen molar-refractivity contribution in [3.8, 4) is 0 Å². The number of nitrogens with zero attached hydrogens (tertiary/aromatic N) is 1. The van der Waals surface area contributed by atoms with E-state index in [0.29, 0.717) is 10.6 Å². The molecular weight excluding hydrogens is 256 g/mol. The van der Waals surface area contributed by atoms with Gasteiger partial charge in [-0.3, -0.25) is 14.4 Å². The van der Waals surface area contributed by atoms with Crippen LogP contribution in [0.3, 0.4) is 0 Å². The van der Waals surface area contributed by atoms with Crippen LogP contribution >= 0.6 is 11.6 Å². The maximum Gasteiger partial charge on any atom is 0.268 e. The van der Waals surface area contributed by atoms with Crippen LogP contribution in [0.15, 0.2) is 24.3 Å². The van der Waals surface area contributed by atoms with E-state index >= 15 is 0 Å². The molecule has 6 heteroatoms. The van der Waals surface area contributed by atoms with Gasteiger partial charge in [-0.05, 0) is 19.1 Å². The quantitative estimate of drug-likeness (QED) is 0.843. The van der Waals surface area contributed by atoms with Gasteiger partial charge in [-0.2, -0.15) is 0 Å². The van der Waals surface area contributed by atoms with Crippen molar-refractivity contribution in [3.63, 3.8) is 0 Å². The summed E-state index contributed by atoms with van der Waals surface area (Å²) in [7, 11) is 2.85. The van der Waals surface area contributed by atoms with Gasteiger partial charge in [0.2, 0.25) is 0 Å². The third kappa shape index (κ3) is 3.45. The molecule has 0 saturated carbocycles. The first-order valence-corrected chi connectivity index (χ1v) is 5.72. The Labute approximate surface area is 111 Å². The minimum absolute atomic E-state index is 0.332. The number of rotatable bonds is 4. The number of benzene rings is 1. The second kappa shape index (κ2) is 6.37. The lowest BCUT2D eigenvalue weighted by Crippen LogP contribution is -2.45. The first-order chi connectivity index (χ1) is 8.47. The number of hydroxylamine groups is 2. The molecule has 0 radical (unpaired) electrons. The highest BCUT2D eigenvalue weighted by Gasteiger charge is 2.20. The van der Waals surface area contributed by atoms with Crippen LogP contribution in [0.2, 0.25) is 5.02 Å². The van der Waals surface area contributed by atoms with Gasteiger partial charge in [0.25, 0.3) is 11.8 Å². The maximum absolute atomic E-state index is 11.9. The molecule has 1 N–H and O–H groups in total. The van der Waals surface area contributed by atoms with Gasteiger partial charge in [-0.1, -0.05) is 23.7 Å². The minimum Gasteiger partial charge on any atom is -0.340 e. The Morgan fingerprint density at radius 2 is 2.00 bits per heavy atom. The first-order valence-electron chi connectivity index (χ1n) is 5.34. The molecule has 18 heavy (non-hydrogen) atoms. The van der Waals surface area contributed by atoms with Gasteiger partial charge in [0.05, 0.1) is 17.7 Å². The van der Waals surface area contributed by atoms with E-state index in [-0.39, 0.29) is 5.91 Å². The molecule has 2 amide bonds. The molecule has 0 aromatic heterocycles. The van der Waals surface area contributed by atoms with Gasteiger partial charge < -0.3 is 5.32 Å². The number of hydrogen-bond acceptors (Lipinski definition) is 3. The van der Waals surface area contributed by atoms with E-state index in [1.807, 2.05) is 0 Å². The molecule has 0 aliphatic heterocycles. The molecule has 0 aliphatic carbocycles. The van der Waals surface area contributed by atoms with Crippen molar-refractivity contribution >= 4 is 23.4 Å². The second-order valence-electron chi connectivity index (χ2n) is 3.69. The third-order valence-corrected chi connectivity index (χ3v) is 2.75. The van der Waals surface area contributed by atoms with Crippen molar-refractivity contribution in [3.05, 3.63) is 34.9 Å².